The van der Waals surface area contributed by atoms with Crippen LogP contribution in [0.15, 0.2) is 24.3 Å². The first-order valence-electron chi connectivity index (χ1n) is 7.12. The molecule has 6 nitrogen and oxygen atoms in total. The second-order valence-corrected chi connectivity index (χ2v) is 6.69. The summed E-state index contributed by atoms with van der Waals surface area (Å²) in [4.78, 5) is 0. The zero-order valence-corrected chi connectivity index (χ0v) is 13.3. The molecule has 0 spiro atoms. The Morgan fingerprint density at radius 2 is 2.14 bits per heavy atom. The minimum Gasteiger partial charge on any atom is -0.383 e. The van der Waals surface area contributed by atoms with Crippen molar-refractivity contribution in [1.82, 2.24) is 10.0 Å². The third-order valence-corrected chi connectivity index (χ3v) is 5.19. The highest BCUT2D eigenvalue weighted by Crippen LogP contribution is 2.33. The highest BCUT2D eigenvalue weighted by Gasteiger charge is 2.28. The third kappa shape index (κ3) is 3.74. The lowest BCUT2D eigenvalue weighted by atomic mass is 10.0. The largest absolute Gasteiger partial charge is 0.383 e. The minimum absolute atomic E-state index is 0.181. The highest BCUT2D eigenvalue weighted by molar-refractivity contribution is 7.90. The Labute approximate surface area is 126 Å². The van der Waals surface area contributed by atoms with E-state index in [1.807, 2.05) is 31.3 Å². The molecule has 2 rings (SSSR count). The van der Waals surface area contributed by atoms with Gasteiger partial charge in [-0.1, -0.05) is 18.2 Å². The Bertz CT molecular complexity index is 562. The lowest BCUT2D eigenvalue weighted by Crippen LogP contribution is -2.42. The van der Waals surface area contributed by atoms with Crippen molar-refractivity contribution in [2.75, 3.05) is 38.2 Å². The van der Waals surface area contributed by atoms with Gasteiger partial charge in [-0.25, -0.2) is 0 Å². The molecule has 0 saturated heterocycles. The Kier molecular flexibility index (Phi) is 5.58. The van der Waals surface area contributed by atoms with E-state index in [0.717, 1.165) is 24.1 Å². The number of benzene rings is 1. The predicted molar refractivity (Wildman–Crippen MR) is 83.6 cm³/mol. The van der Waals surface area contributed by atoms with E-state index in [9.17, 15) is 8.42 Å². The SMILES string of the molecule is CNC1CCCN(S(=O)(=O)NCCOC)c2ccccc21. The maximum Gasteiger partial charge on any atom is 0.301 e. The molecule has 1 aromatic carbocycles. The van der Waals surface area contributed by atoms with Crippen molar-refractivity contribution in [3.63, 3.8) is 0 Å². The Morgan fingerprint density at radius 1 is 1.38 bits per heavy atom. The summed E-state index contributed by atoms with van der Waals surface area (Å²) in [5.41, 5.74) is 1.77. The molecule has 0 aromatic heterocycles. The zero-order chi connectivity index (χ0) is 15.3. The van der Waals surface area contributed by atoms with Crippen molar-refractivity contribution >= 4 is 15.9 Å². The smallest absolute Gasteiger partial charge is 0.301 e. The molecule has 2 N–H and O–H groups in total. The van der Waals surface area contributed by atoms with Gasteiger partial charge in [0.05, 0.1) is 12.3 Å². The molecule has 0 saturated carbocycles. The predicted octanol–water partition coefficient (Wildman–Crippen LogP) is 1.03. The molecular weight excluding hydrogens is 290 g/mol. The summed E-state index contributed by atoms with van der Waals surface area (Å²) in [6.07, 6.45) is 1.73. The molecule has 1 unspecified atom stereocenters. The van der Waals surface area contributed by atoms with Gasteiger partial charge in [-0.05, 0) is 31.5 Å². The topological polar surface area (TPSA) is 70.7 Å². The minimum atomic E-state index is -3.55. The average Bonchev–Trinajstić information content (AvgIpc) is 2.67. The van der Waals surface area contributed by atoms with E-state index >= 15 is 0 Å². The molecule has 7 heteroatoms. The van der Waals surface area contributed by atoms with Crippen LogP contribution in [0.2, 0.25) is 0 Å². The van der Waals surface area contributed by atoms with Gasteiger partial charge < -0.3 is 10.1 Å². The normalized spacial score (nSPS) is 19.1. The fourth-order valence-corrected chi connectivity index (χ4v) is 3.92. The number of methoxy groups -OCH3 is 1. The van der Waals surface area contributed by atoms with Crippen LogP contribution < -0.4 is 14.3 Å². The molecule has 0 aliphatic carbocycles. The molecule has 1 aromatic rings. The molecule has 1 aliphatic heterocycles. The van der Waals surface area contributed by atoms with E-state index in [1.165, 1.54) is 4.31 Å². The van der Waals surface area contributed by atoms with Gasteiger partial charge >= 0.3 is 10.2 Å². The van der Waals surface area contributed by atoms with Gasteiger partial charge in [-0.15, -0.1) is 0 Å². The number of fused-ring (bicyclic) bond motifs is 1. The molecule has 0 amide bonds. The van der Waals surface area contributed by atoms with Gasteiger partial charge in [-0.3, -0.25) is 4.31 Å². The van der Waals surface area contributed by atoms with Crippen LogP contribution in [0.1, 0.15) is 24.4 Å². The summed E-state index contributed by atoms with van der Waals surface area (Å²) >= 11 is 0. The summed E-state index contributed by atoms with van der Waals surface area (Å²) in [6.45, 7) is 1.11. The van der Waals surface area contributed by atoms with Gasteiger partial charge in [-0.2, -0.15) is 13.1 Å². The molecule has 1 atom stereocenters. The van der Waals surface area contributed by atoms with Gasteiger partial charge in [0.15, 0.2) is 0 Å². The standard InChI is InChI=1S/C14H23N3O3S/c1-15-13-7-5-10-17(14-8-4-3-6-12(13)14)21(18,19)16-9-11-20-2/h3-4,6,8,13,15-16H,5,7,9-11H2,1-2H3. The maximum absolute atomic E-state index is 12.5. The molecule has 21 heavy (non-hydrogen) atoms. The molecule has 0 fully saturated rings. The number of anilines is 1. The third-order valence-electron chi connectivity index (χ3n) is 3.66. The van der Waals surface area contributed by atoms with Crippen molar-refractivity contribution in [3.05, 3.63) is 29.8 Å². The van der Waals surface area contributed by atoms with E-state index in [-0.39, 0.29) is 12.6 Å². The number of ether oxygens (including phenoxy) is 1. The summed E-state index contributed by atoms with van der Waals surface area (Å²) in [5.74, 6) is 0. The van der Waals surface area contributed by atoms with Crippen LogP contribution in [0.25, 0.3) is 0 Å². The molecule has 1 heterocycles. The number of hydrogen-bond donors (Lipinski definition) is 2. The second-order valence-electron chi connectivity index (χ2n) is 5.01. The lowest BCUT2D eigenvalue weighted by molar-refractivity contribution is 0.204. The number of nitrogens with zero attached hydrogens (tertiary/aromatic N) is 1. The summed E-state index contributed by atoms with van der Waals surface area (Å²) in [5, 5.41) is 3.26. The van der Waals surface area contributed by atoms with Gasteiger partial charge in [0.2, 0.25) is 0 Å². The van der Waals surface area contributed by atoms with E-state index < -0.39 is 10.2 Å². The van der Waals surface area contributed by atoms with Gasteiger partial charge in [0, 0.05) is 26.2 Å². The van der Waals surface area contributed by atoms with E-state index in [0.29, 0.717) is 13.2 Å². The molecule has 0 radical (unpaired) electrons. The quantitative estimate of drug-likeness (QED) is 0.770. The number of hydrogen-bond acceptors (Lipinski definition) is 4. The monoisotopic (exact) mass is 313 g/mol. The molecular formula is C14H23N3O3S. The summed E-state index contributed by atoms with van der Waals surface area (Å²) in [6, 6.07) is 7.84. The summed E-state index contributed by atoms with van der Waals surface area (Å²) in [7, 11) is -0.0945. The van der Waals surface area contributed by atoms with Crippen molar-refractivity contribution in [1.29, 1.82) is 0 Å². The van der Waals surface area contributed by atoms with Crippen LogP contribution in [0.3, 0.4) is 0 Å². The highest BCUT2D eigenvalue weighted by atomic mass is 32.2. The van der Waals surface area contributed by atoms with Gasteiger partial charge in [0.1, 0.15) is 0 Å². The first-order valence-corrected chi connectivity index (χ1v) is 8.56. The lowest BCUT2D eigenvalue weighted by Gasteiger charge is -2.25. The van der Waals surface area contributed by atoms with E-state index in [1.54, 1.807) is 7.11 Å². The Balaban J connectivity index is 2.31. The van der Waals surface area contributed by atoms with Crippen molar-refractivity contribution in [3.8, 4) is 0 Å². The van der Waals surface area contributed by atoms with Crippen LogP contribution in [-0.2, 0) is 14.9 Å². The molecule has 118 valence electrons. The van der Waals surface area contributed by atoms with Crippen LogP contribution in [0.5, 0.6) is 0 Å². The Morgan fingerprint density at radius 3 is 2.86 bits per heavy atom. The van der Waals surface area contributed by atoms with Crippen LogP contribution in [0.4, 0.5) is 5.69 Å². The first kappa shape index (κ1) is 16.2. The van der Waals surface area contributed by atoms with Crippen LogP contribution in [0, 0.1) is 0 Å². The number of para-hydroxylation sites is 1. The van der Waals surface area contributed by atoms with Crippen molar-refractivity contribution in [2.45, 2.75) is 18.9 Å². The van der Waals surface area contributed by atoms with Crippen LogP contribution >= 0.6 is 0 Å². The van der Waals surface area contributed by atoms with E-state index in [4.69, 9.17) is 4.74 Å². The van der Waals surface area contributed by atoms with Gasteiger partial charge in [0.25, 0.3) is 0 Å². The molecule has 1 aliphatic rings. The summed E-state index contributed by atoms with van der Waals surface area (Å²) < 4.78 is 34.0. The maximum atomic E-state index is 12.5. The second kappa shape index (κ2) is 7.22. The van der Waals surface area contributed by atoms with Crippen molar-refractivity contribution < 1.29 is 13.2 Å². The van der Waals surface area contributed by atoms with Crippen molar-refractivity contribution in [2.24, 2.45) is 0 Å². The fourth-order valence-electron chi connectivity index (χ4n) is 2.62. The Hall–Kier alpha value is -1.15. The molecule has 0 bridgehead atoms. The van der Waals surface area contributed by atoms with E-state index in [2.05, 4.69) is 10.0 Å². The number of rotatable bonds is 6. The average molecular weight is 313 g/mol. The van der Waals surface area contributed by atoms with Crippen LogP contribution in [-0.4, -0.2) is 42.3 Å². The number of nitrogens with one attached hydrogen (secondary N) is 2. The zero-order valence-electron chi connectivity index (χ0n) is 12.5. The fraction of sp³-hybridized carbons (Fsp3) is 0.571. The first-order chi connectivity index (χ1) is 10.1.